The summed E-state index contributed by atoms with van der Waals surface area (Å²) in [6.07, 6.45) is 1.31. The van der Waals surface area contributed by atoms with Gasteiger partial charge in [0.05, 0.1) is 19.8 Å². The van der Waals surface area contributed by atoms with Crippen LogP contribution < -0.4 is 10.1 Å². The van der Waals surface area contributed by atoms with Crippen molar-refractivity contribution in [3.8, 4) is 5.75 Å². The van der Waals surface area contributed by atoms with Gasteiger partial charge in [-0.2, -0.15) is 0 Å². The van der Waals surface area contributed by atoms with Gasteiger partial charge in [0.15, 0.2) is 0 Å². The predicted octanol–water partition coefficient (Wildman–Crippen LogP) is 1.55. The molecule has 2 atom stereocenters. The van der Waals surface area contributed by atoms with E-state index in [0.717, 1.165) is 38.4 Å². The van der Waals surface area contributed by atoms with E-state index in [1.807, 2.05) is 19.2 Å². The van der Waals surface area contributed by atoms with Crippen LogP contribution >= 0.6 is 0 Å². The largest absolute Gasteiger partial charge is 0.496 e. The van der Waals surface area contributed by atoms with E-state index in [4.69, 9.17) is 9.47 Å². The van der Waals surface area contributed by atoms with Crippen LogP contribution in [0.3, 0.4) is 0 Å². The first-order valence-electron chi connectivity index (χ1n) is 7.36. The molecule has 1 aliphatic heterocycles. The van der Waals surface area contributed by atoms with Gasteiger partial charge in [-0.25, -0.2) is 0 Å². The van der Waals surface area contributed by atoms with Gasteiger partial charge in [0.25, 0.3) is 0 Å². The molecule has 1 saturated heterocycles. The van der Waals surface area contributed by atoms with Crippen molar-refractivity contribution in [2.24, 2.45) is 0 Å². The fourth-order valence-electron chi connectivity index (χ4n) is 2.81. The van der Waals surface area contributed by atoms with Crippen molar-refractivity contribution in [1.29, 1.82) is 0 Å². The second kappa shape index (κ2) is 7.62. The molecular weight excluding hydrogens is 252 g/mol. The Labute approximate surface area is 122 Å². The lowest BCUT2D eigenvalue weighted by Gasteiger charge is -2.37. The van der Waals surface area contributed by atoms with Gasteiger partial charge in [0.2, 0.25) is 0 Å². The van der Waals surface area contributed by atoms with Crippen molar-refractivity contribution < 1.29 is 9.47 Å². The van der Waals surface area contributed by atoms with Gasteiger partial charge in [0.1, 0.15) is 5.75 Å². The number of likely N-dealkylation sites (N-methyl/N-ethyl adjacent to an activating group) is 1. The summed E-state index contributed by atoms with van der Waals surface area (Å²) < 4.78 is 11.2. The van der Waals surface area contributed by atoms with Gasteiger partial charge in [-0.3, -0.25) is 4.90 Å². The number of hydrogen-bond donors (Lipinski definition) is 1. The third kappa shape index (κ3) is 3.95. The third-order valence-electron chi connectivity index (χ3n) is 3.93. The highest BCUT2D eigenvalue weighted by atomic mass is 16.5. The number of benzene rings is 1. The highest BCUT2D eigenvalue weighted by Gasteiger charge is 2.24. The third-order valence-corrected chi connectivity index (χ3v) is 3.93. The van der Waals surface area contributed by atoms with Gasteiger partial charge in [-0.1, -0.05) is 18.2 Å². The molecule has 1 fully saturated rings. The smallest absolute Gasteiger partial charge is 0.122 e. The second-order valence-corrected chi connectivity index (χ2v) is 5.41. The number of para-hydroxylation sites is 1. The van der Waals surface area contributed by atoms with E-state index in [2.05, 4.69) is 29.3 Å². The van der Waals surface area contributed by atoms with E-state index in [1.165, 1.54) is 5.56 Å². The lowest BCUT2D eigenvalue weighted by molar-refractivity contribution is -0.0387. The first-order chi connectivity index (χ1) is 9.74. The molecule has 0 radical (unpaired) electrons. The maximum absolute atomic E-state index is 5.77. The van der Waals surface area contributed by atoms with Crippen molar-refractivity contribution in [1.82, 2.24) is 10.2 Å². The normalized spacial score (nSPS) is 21.6. The first kappa shape index (κ1) is 15.3. The molecule has 4 nitrogen and oxygen atoms in total. The van der Waals surface area contributed by atoms with E-state index >= 15 is 0 Å². The Hall–Kier alpha value is -1.10. The number of hydrogen-bond acceptors (Lipinski definition) is 4. The molecule has 0 spiro atoms. The monoisotopic (exact) mass is 278 g/mol. The highest BCUT2D eigenvalue weighted by Crippen LogP contribution is 2.21. The minimum absolute atomic E-state index is 0.300. The lowest BCUT2D eigenvalue weighted by atomic mass is 10.0. The zero-order valence-corrected chi connectivity index (χ0v) is 12.8. The molecule has 0 aromatic heterocycles. The fourth-order valence-corrected chi connectivity index (χ4v) is 2.81. The van der Waals surface area contributed by atoms with Gasteiger partial charge < -0.3 is 14.8 Å². The van der Waals surface area contributed by atoms with Crippen molar-refractivity contribution in [3.05, 3.63) is 29.8 Å². The zero-order chi connectivity index (χ0) is 14.4. The summed E-state index contributed by atoms with van der Waals surface area (Å²) in [4.78, 5) is 2.51. The van der Waals surface area contributed by atoms with Crippen LogP contribution in [0.5, 0.6) is 5.75 Å². The maximum atomic E-state index is 5.77. The number of morpholine rings is 1. The average Bonchev–Trinajstić information content (AvgIpc) is 2.48. The Kier molecular flexibility index (Phi) is 5.83. The molecule has 1 heterocycles. The molecule has 1 aliphatic rings. The van der Waals surface area contributed by atoms with E-state index in [1.54, 1.807) is 7.11 Å². The molecular formula is C16H26N2O2. The fraction of sp³-hybridized carbons (Fsp3) is 0.625. The summed E-state index contributed by atoms with van der Waals surface area (Å²) in [7, 11) is 3.71. The number of ether oxygens (including phenoxy) is 2. The Morgan fingerprint density at radius 2 is 2.25 bits per heavy atom. The summed E-state index contributed by atoms with van der Waals surface area (Å²) in [5.74, 6) is 0.986. The van der Waals surface area contributed by atoms with Gasteiger partial charge in [0, 0.05) is 25.7 Å². The molecule has 20 heavy (non-hydrogen) atoms. The van der Waals surface area contributed by atoms with Crippen LogP contribution in [0, 0.1) is 0 Å². The molecule has 2 rings (SSSR count). The molecule has 0 amide bonds. The summed E-state index contributed by atoms with van der Waals surface area (Å²) in [6.45, 7) is 6.03. The molecule has 112 valence electrons. The quantitative estimate of drug-likeness (QED) is 0.856. The zero-order valence-electron chi connectivity index (χ0n) is 12.8. The lowest BCUT2D eigenvalue weighted by Crippen LogP contribution is -2.50. The van der Waals surface area contributed by atoms with Crippen LogP contribution in [0.15, 0.2) is 24.3 Å². The topological polar surface area (TPSA) is 33.7 Å². The van der Waals surface area contributed by atoms with Crippen LogP contribution in [-0.2, 0) is 11.2 Å². The summed E-state index contributed by atoms with van der Waals surface area (Å²) in [6, 6.07) is 8.78. The molecule has 1 aromatic rings. The van der Waals surface area contributed by atoms with Crippen LogP contribution in [0.25, 0.3) is 0 Å². The van der Waals surface area contributed by atoms with Crippen LogP contribution in [0.1, 0.15) is 12.5 Å². The minimum atomic E-state index is 0.300. The Balaban J connectivity index is 1.95. The van der Waals surface area contributed by atoms with E-state index in [9.17, 15) is 0 Å². The van der Waals surface area contributed by atoms with Gasteiger partial charge in [-0.05, 0) is 32.0 Å². The van der Waals surface area contributed by atoms with Gasteiger partial charge >= 0.3 is 0 Å². The van der Waals surface area contributed by atoms with Crippen molar-refractivity contribution in [3.63, 3.8) is 0 Å². The Morgan fingerprint density at radius 1 is 1.45 bits per heavy atom. The van der Waals surface area contributed by atoms with Crippen LogP contribution in [0.4, 0.5) is 0 Å². The maximum Gasteiger partial charge on any atom is 0.122 e. The van der Waals surface area contributed by atoms with Crippen LogP contribution in [-0.4, -0.2) is 57.4 Å². The summed E-state index contributed by atoms with van der Waals surface area (Å²) in [5, 5.41) is 3.19. The molecule has 0 bridgehead atoms. The average molecular weight is 278 g/mol. The summed E-state index contributed by atoms with van der Waals surface area (Å²) >= 11 is 0. The van der Waals surface area contributed by atoms with Crippen molar-refractivity contribution >= 4 is 0 Å². The van der Waals surface area contributed by atoms with Gasteiger partial charge in [-0.15, -0.1) is 0 Å². The molecule has 0 saturated carbocycles. The second-order valence-electron chi connectivity index (χ2n) is 5.41. The standard InChI is InChI=1S/C16H26N2O2/c1-13(10-14-6-4-5-7-16(14)19-3)18-8-9-20-15(12-18)11-17-2/h4-7,13,15,17H,8-12H2,1-3H3. The first-order valence-corrected chi connectivity index (χ1v) is 7.36. The highest BCUT2D eigenvalue weighted by molar-refractivity contribution is 5.33. The molecule has 1 N–H and O–H groups in total. The number of nitrogens with zero attached hydrogens (tertiary/aromatic N) is 1. The summed E-state index contributed by atoms with van der Waals surface area (Å²) in [5.41, 5.74) is 1.28. The van der Waals surface area contributed by atoms with E-state index in [-0.39, 0.29) is 0 Å². The molecule has 2 unspecified atom stereocenters. The molecule has 4 heteroatoms. The number of nitrogens with one attached hydrogen (secondary N) is 1. The van der Waals surface area contributed by atoms with E-state index < -0.39 is 0 Å². The predicted molar refractivity (Wildman–Crippen MR) is 81.4 cm³/mol. The number of methoxy groups -OCH3 is 1. The molecule has 0 aliphatic carbocycles. The van der Waals surface area contributed by atoms with E-state index in [0.29, 0.717) is 12.1 Å². The Morgan fingerprint density at radius 3 is 3.00 bits per heavy atom. The van der Waals surface area contributed by atoms with Crippen molar-refractivity contribution in [2.75, 3.05) is 40.4 Å². The minimum Gasteiger partial charge on any atom is -0.496 e. The SMILES string of the molecule is CNCC1CN(C(C)Cc2ccccc2OC)CCO1. The number of rotatable bonds is 6. The van der Waals surface area contributed by atoms with Crippen LogP contribution in [0.2, 0.25) is 0 Å². The molecule has 1 aromatic carbocycles. The van der Waals surface area contributed by atoms with Crippen molar-refractivity contribution in [2.45, 2.75) is 25.5 Å². The Bertz CT molecular complexity index is 409.